The summed E-state index contributed by atoms with van der Waals surface area (Å²) in [5.74, 6) is -0.969. The van der Waals surface area contributed by atoms with E-state index in [2.05, 4.69) is 30.1 Å². The van der Waals surface area contributed by atoms with Crippen LogP contribution >= 0.6 is 0 Å². The van der Waals surface area contributed by atoms with Crippen molar-refractivity contribution in [3.05, 3.63) is 36.7 Å². The van der Waals surface area contributed by atoms with E-state index in [4.69, 9.17) is 4.74 Å². The second kappa shape index (κ2) is 7.02. The second-order valence-corrected chi connectivity index (χ2v) is 6.01. The molecule has 0 amide bonds. The molecule has 0 aliphatic heterocycles. The van der Waals surface area contributed by atoms with Crippen molar-refractivity contribution in [1.82, 2.24) is 29.9 Å². The number of hydrogen-bond donors (Lipinski definition) is 0. The predicted molar refractivity (Wildman–Crippen MR) is 85.1 cm³/mol. The molecule has 0 unspecified atom stereocenters. The zero-order valence-electron chi connectivity index (χ0n) is 14.1. The number of hydrogen-bond acceptors (Lipinski definition) is 7. The first-order valence-corrected chi connectivity index (χ1v) is 8.15. The number of nitrogens with zero attached hydrogens (tertiary/aromatic N) is 6. The molecule has 146 valence electrons. The van der Waals surface area contributed by atoms with Gasteiger partial charge in [-0.2, -0.15) is 18.2 Å². The Morgan fingerprint density at radius 1 is 1.11 bits per heavy atom. The highest BCUT2D eigenvalue weighted by molar-refractivity contribution is 5.65. The van der Waals surface area contributed by atoms with E-state index in [0.29, 0.717) is 5.82 Å². The maximum atomic E-state index is 13.9. The van der Waals surface area contributed by atoms with Crippen molar-refractivity contribution in [1.29, 1.82) is 0 Å². The molecule has 0 spiro atoms. The van der Waals surface area contributed by atoms with Crippen LogP contribution in [0.1, 0.15) is 18.9 Å². The first kappa shape index (κ1) is 18.1. The predicted octanol–water partition coefficient (Wildman–Crippen LogP) is 3.34. The number of benzene rings is 1. The van der Waals surface area contributed by atoms with Gasteiger partial charge in [0.05, 0.1) is 5.56 Å². The number of rotatable bonds is 6. The molecule has 3 aromatic rings. The van der Waals surface area contributed by atoms with Gasteiger partial charge in [0, 0.05) is 6.04 Å². The first-order chi connectivity index (χ1) is 13.4. The minimum absolute atomic E-state index is 0.0930. The third-order valence-electron chi connectivity index (χ3n) is 3.83. The average Bonchev–Trinajstić information content (AvgIpc) is 3.38. The van der Waals surface area contributed by atoms with E-state index in [1.807, 2.05) is 0 Å². The Bertz CT molecular complexity index is 989. The second-order valence-electron chi connectivity index (χ2n) is 6.01. The molecule has 4 rings (SSSR count). The maximum absolute atomic E-state index is 13.9. The Balaban J connectivity index is 1.67. The van der Waals surface area contributed by atoms with E-state index < -0.39 is 30.4 Å². The Morgan fingerprint density at radius 2 is 1.93 bits per heavy atom. The van der Waals surface area contributed by atoms with Gasteiger partial charge in [-0.05, 0) is 31.0 Å². The van der Waals surface area contributed by atoms with Crippen LogP contribution < -0.4 is 9.47 Å². The zero-order chi connectivity index (χ0) is 19.7. The van der Waals surface area contributed by atoms with Gasteiger partial charge in [0.25, 0.3) is 5.88 Å². The third kappa shape index (κ3) is 4.00. The van der Waals surface area contributed by atoms with Crippen molar-refractivity contribution in [2.75, 3.05) is 6.61 Å². The Morgan fingerprint density at radius 3 is 2.68 bits per heavy atom. The molecular formula is C16H12F4N6O2. The zero-order valence-corrected chi connectivity index (χ0v) is 14.1. The number of aromatic nitrogens is 6. The summed E-state index contributed by atoms with van der Waals surface area (Å²) in [7, 11) is 0. The minimum Gasteiger partial charge on any atom is -0.464 e. The van der Waals surface area contributed by atoms with E-state index in [1.54, 1.807) is 4.57 Å². The summed E-state index contributed by atoms with van der Waals surface area (Å²) < 4.78 is 63.1. The molecule has 0 saturated heterocycles. The fourth-order valence-corrected chi connectivity index (χ4v) is 2.49. The molecule has 0 bridgehead atoms. The lowest BCUT2D eigenvalue weighted by Crippen LogP contribution is -2.20. The molecule has 1 aliphatic rings. The van der Waals surface area contributed by atoms with Crippen molar-refractivity contribution >= 4 is 0 Å². The Hall–Kier alpha value is -3.31. The Labute approximate surface area is 155 Å². The van der Waals surface area contributed by atoms with Gasteiger partial charge in [-0.1, -0.05) is 0 Å². The molecule has 28 heavy (non-hydrogen) atoms. The van der Waals surface area contributed by atoms with E-state index >= 15 is 0 Å². The van der Waals surface area contributed by atoms with Crippen LogP contribution in [-0.4, -0.2) is 42.7 Å². The summed E-state index contributed by atoms with van der Waals surface area (Å²) in [5, 5.41) is 15.0. The summed E-state index contributed by atoms with van der Waals surface area (Å²) in [5.41, 5.74) is 0.261. The fraction of sp³-hybridized carbons (Fsp3) is 0.312. The number of halogens is 4. The highest BCUT2D eigenvalue weighted by Gasteiger charge is 2.30. The van der Waals surface area contributed by atoms with Gasteiger partial charge in [-0.15, -0.1) is 20.4 Å². The lowest BCUT2D eigenvalue weighted by molar-refractivity contribution is -0.154. The number of alkyl halides is 3. The van der Waals surface area contributed by atoms with Gasteiger partial charge in [0.2, 0.25) is 0 Å². The summed E-state index contributed by atoms with van der Waals surface area (Å²) in [4.78, 5) is 3.62. The lowest BCUT2D eigenvalue weighted by Gasteiger charge is -2.13. The van der Waals surface area contributed by atoms with Gasteiger partial charge in [-0.3, -0.25) is 0 Å². The van der Waals surface area contributed by atoms with E-state index in [-0.39, 0.29) is 17.4 Å². The monoisotopic (exact) mass is 396 g/mol. The minimum atomic E-state index is -4.57. The van der Waals surface area contributed by atoms with Gasteiger partial charge in [0.15, 0.2) is 12.4 Å². The van der Waals surface area contributed by atoms with Crippen LogP contribution in [0.15, 0.2) is 30.9 Å². The van der Waals surface area contributed by atoms with Crippen LogP contribution in [-0.2, 0) is 0 Å². The summed E-state index contributed by atoms with van der Waals surface area (Å²) in [6.45, 7) is -1.58. The highest BCUT2D eigenvalue weighted by Crippen LogP contribution is 2.40. The molecule has 0 N–H and O–H groups in total. The van der Waals surface area contributed by atoms with E-state index in [0.717, 1.165) is 25.2 Å². The molecule has 2 heterocycles. The molecule has 2 aromatic heterocycles. The van der Waals surface area contributed by atoms with Crippen molar-refractivity contribution in [2.24, 2.45) is 0 Å². The lowest BCUT2D eigenvalue weighted by atomic mass is 10.2. The molecule has 1 aliphatic carbocycles. The van der Waals surface area contributed by atoms with Crippen LogP contribution in [0, 0.1) is 5.82 Å². The Kier molecular flexibility index (Phi) is 4.53. The maximum Gasteiger partial charge on any atom is 0.422 e. The molecule has 0 radical (unpaired) electrons. The highest BCUT2D eigenvalue weighted by atomic mass is 19.4. The molecule has 8 nitrogen and oxygen atoms in total. The van der Waals surface area contributed by atoms with Crippen molar-refractivity contribution in [3.63, 3.8) is 0 Å². The van der Waals surface area contributed by atoms with Crippen molar-refractivity contribution < 1.29 is 27.0 Å². The van der Waals surface area contributed by atoms with E-state index in [1.165, 1.54) is 18.5 Å². The van der Waals surface area contributed by atoms with Gasteiger partial charge >= 0.3 is 12.1 Å². The fourth-order valence-electron chi connectivity index (χ4n) is 2.49. The average molecular weight is 396 g/mol. The first-order valence-electron chi connectivity index (χ1n) is 8.15. The topological polar surface area (TPSA) is 87.8 Å². The smallest absolute Gasteiger partial charge is 0.422 e. The molecule has 1 fully saturated rings. The molecule has 0 atom stereocenters. The van der Waals surface area contributed by atoms with Crippen LogP contribution in [0.2, 0.25) is 0 Å². The SMILES string of the molecule is Fc1ccc(Oc2nncnc2OCC(F)(F)F)c(-c2nncn2C2CC2)c1. The van der Waals surface area contributed by atoms with E-state index in [9.17, 15) is 17.6 Å². The van der Waals surface area contributed by atoms with Crippen LogP contribution in [0.25, 0.3) is 11.4 Å². The standard InChI is InChI=1S/C16H12F4N6O2/c17-9-1-4-12(11(5-9)13-24-23-8-26(13)10-2-3-10)28-15-14(21-7-22-25-15)27-6-16(18,19)20/h1,4-5,7-8,10H,2-3,6H2. The largest absolute Gasteiger partial charge is 0.464 e. The molecule has 1 aromatic carbocycles. The normalized spacial score (nSPS) is 14.1. The number of ether oxygens (including phenoxy) is 2. The van der Waals surface area contributed by atoms with Crippen LogP contribution in [0.3, 0.4) is 0 Å². The van der Waals surface area contributed by atoms with Gasteiger partial charge in [0.1, 0.15) is 24.2 Å². The van der Waals surface area contributed by atoms with Gasteiger partial charge in [-0.25, -0.2) is 4.39 Å². The quantitative estimate of drug-likeness (QED) is 0.591. The van der Waals surface area contributed by atoms with Crippen LogP contribution in [0.5, 0.6) is 17.5 Å². The molecule has 12 heteroatoms. The van der Waals surface area contributed by atoms with Crippen molar-refractivity contribution in [2.45, 2.75) is 25.1 Å². The third-order valence-corrected chi connectivity index (χ3v) is 3.83. The summed E-state index contributed by atoms with van der Waals surface area (Å²) in [6, 6.07) is 3.85. The summed E-state index contributed by atoms with van der Waals surface area (Å²) >= 11 is 0. The van der Waals surface area contributed by atoms with Gasteiger partial charge < -0.3 is 14.0 Å². The van der Waals surface area contributed by atoms with Crippen LogP contribution in [0.4, 0.5) is 17.6 Å². The molecular weight excluding hydrogens is 384 g/mol. The molecule has 1 saturated carbocycles. The summed E-state index contributed by atoms with van der Waals surface area (Å²) in [6.07, 6.45) is -0.221. The van der Waals surface area contributed by atoms with Crippen molar-refractivity contribution in [3.8, 4) is 28.9 Å².